The minimum Gasteiger partial charge on any atom is -0.487 e. The fourth-order valence-electron chi connectivity index (χ4n) is 6.08. The third-order valence-electron chi connectivity index (χ3n) is 8.57. The predicted octanol–water partition coefficient (Wildman–Crippen LogP) is 5.60. The molecular weight excluding hydrogens is 634 g/mol. The van der Waals surface area contributed by atoms with E-state index in [1.165, 1.54) is 6.34 Å². The molecule has 0 bridgehead atoms. The van der Waals surface area contributed by atoms with Gasteiger partial charge < -0.3 is 29.6 Å². The molecule has 3 aromatic rings. The first-order chi connectivity index (χ1) is 23.2. The Morgan fingerprint density at radius 2 is 1.83 bits per heavy atom. The Kier molecular flexibility index (Phi) is 12.6. The summed E-state index contributed by atoms with van der Waals surface area (Å²) < 4.78 is 25.4. The van der Waals surface area contributed by atoms with Crippen LogP contribution in [0.1, 0.15) is 52.5 Å². The molecule has 1 atom stereocenters. The van der Waals surface area contributed by atoms with Crippen LogP contribution in [-0.2, 0) is 9.47 Å². The quantitative estimate of drug-likeness (QED) is 0.129. The lowest BCUT2D eigenvalue weighted by Gasteiger charge is -2.38. The Bertz CT molecular complexity index is 1490. The van der Waals surface area contributed by atoms with E-state index in [-0.39, 0.29) is 11.5 Å². The summed E-state index contributed by atoms with van der Waals surface area (Å²) in [6, 6.07) is 6.49. The topological polar surface area (TPSA) is 144 Å². The third kappa shape index (κ3) is 9.88. The summed E-state index contributed by atoms with van der Waals surface area (Å²) >= 11 is 6.44. The Labute approximate surface area is 287 Å². The SMILES string of the molecule is COCC(C)(C)COc1nn([C@H]2CC[C@H](N3CCOCC3)CC2)cc1Nc1ncc(-c2ccc(Cl)c(O[C@@H](C)CN/C=N\C=N)c2)cn1. The van der Waals surface area contributed by atoms with E-state index in [0.717, 1.165) is 75.1 Å². The van der Waals surface area contributed by atoms with E-state index >= 15 is 0 Å². The van der Waals surface area contributed by atoms with Crippen LogP contribution in [0, 0.1) is 10.8 Å². The molecule has 48 heavy (non-hydrogen) atoms. The van der Waals surface area contributed by atoms with E-state index < -0.39 is 0 Å². The van der Waals surface area contributed by atoms with Crippen LogP contribution < -0.4 is 20.1 Å². The van der Waals surface area contributed by atoms with Gasteiger partial charge in [0.15, 0.2) is 0 Å². The lowest BCUT2D eigenvalue weighted by Crippen LogP contribution is -2.45. The molecule has 3 N–H and O–H groups in total. The van der Waals surface area contributed by atoms with Crippen molar-refractivity contribution in [1.29, 1.82) is 5.41 Å². The summed E-state index contributed by atoms with van der Waals surface area (Å²) in [4.78, 5) is 15.5. The van der Waals surface area contributed by atoms with Gasteiger partial charge >= 0.3 is 0 Å². The number of ether oxygens (including phenoxy) is 4. The van der Waals surface area contributed by atoms with Crippen molar-refractivity contribution < 1.29 is 18.9 Å². The van der Waals surface area contributed by atoms with E-state index in [4.69, 9.17) is 41.1 Å². The average Bonchev–Trinajstić information content (AvgIpc) is 3.50. The Hall–Kier alpha value is -3.78. The molecule has 13 nitrogen and oxygen atoms in total. The maximum atomic E-state index is 6.96. The van der Waals surface area contributed by atoms with Gasteiger partial charge in [-0.3, -0.25) is 15.0 Å². The summed E-state index contributed by atoms with van der Waals surface area (Å²) in [5.74, 6) is 1.51. The number of nitrogens with one attached hydrogen (secondary N) is 3. The summed E-state index contributed by atoms with van der Waals surface area (Å²) in [6.07, 6.45) is 12.2. The zero-order valence-corrected chi connectivity index (χ0v) is 29.1. The number of benzene rings is 1. The van der Waals surface area contributed by atoms with Crippen molar-refractivity contribution in [3.05, 3.63) is 41.8 Å². The normalized spacial score (nSPS) is 19.6. The van der Waals surface area contributed by atoms with E-state index in [1.807, 2.05) is 25.3 Å². The number of aliphatic imine (C=N–C) groups is 1. The second kappa shape index (κ2) is 17.0. The van der Waals surface area contributed by atoms with Crippen LogP contribution in [0.25, 0.3) is 11.1 Å². The van der Waals surface area contributed by atoms with E-state index in [2.05, 4.69) is 49.0 Å². The van der Waals surface area contributed by atoms with E-state index in [1.54, 1.807) is 25.6 Å². The molecule has 3 heterocycles. The molecule has 1 saturated heterocycles. The summed E-state index contributed by atoms with van der Waals surface area (Å²) in [6.45, 7) is 11.4. The largest absolute Gasteiger partial charge is 0.487 e. The first-order valence-corrected chi connectivity index (χ1v) is 16.9. The zero-order chi connectivity index (χ0) is 33.9. The standard InChI is InChI=1S/C34H48ClN9O4/c1-24(16-37-23-38-22-36)48-31-15-25(5-10-29(31)35)26-17-39-33(40-18-26)41-30-19-44(42-32(30)47-21-34(2,3)20-45-4)28-8-6-27(7-9-28)43-11-13-46-14-12-43/h5,10,15,17-19,22-24,27-28H,6-9,11-14,16,20-21H2,1-4H3,(H2,36,37,38)(H,39,40,41)/t24-,27-,28-/m0/s1. The van der Waals surface area contributed by atoms with Gasteiger partial charge in [-0.15, -0.1) is 5.10 Å². The monoisotopic (exact) mass is 681 g/mol. The number of morpholine rings is 1. The maximum Gasteiger partial charge on any atom is 0.256 e. The van der Waals surface area contributed by atoms with Crippen molar-refractivity contribution in [2.45, 2.75) is 64.6 Å². The molecule has 2 aromatic heterocycles. The molecule has 2 fully saturated rings. The van der Waals surface area contributed by atoms with Crippen molar-refractivity contribution in [3.63, 3.8) is 0 Å². The molecule has 5 rings (SSSR count). The number of aromatic nitrogens is 4. The number of hydrogen-bond donors (Lipinski definition) is 3. The molecule has 0 amide bonds. The summed E-state index contributed by atoms with van der Waals surface area (Å²) in [5.41, 5.74) is 2.23. The molecule has 0 unspecified atom stereocenters. The highest BCUT2D eigenvalue weighted by atomic mass is 35.5. The minimum absolute atomic E-state index is 0.185. The molecule has 1 saturated carbocycles. The smallest absolute Gasteiger partial charge is 0.256 e. The highest BCUT2D eigenvalue weighted by Crippen LogP contribution is 2.36. The van der Waals surface area contributed by atoms with Gasteiger partial charge in [0.05, 0.1) is 56.6 Å². The molecular formula is C34H48ClN9O4. The number of rotatable bonds is 16. The van der Waals surface area contributed by atoms with Crippen LogP contribution in [0.15, 0.2) is 41.8 Å². The summed E-state index contributed by atoms with van der Waals surface area (Å²) in [7, 11) is 1.70. The maximum absolute atomic E-state index is 6.96. The average molecular weight is 682 g/mol. The lowest BCUT2D eigenvalue weighted by atomic mass is 9.90. The van der Waals surface area contributed by atoms with Crippen LogP contribution in [0.5, 0.6) is 11.6 Å². The van der Waals surface area contributed by atoms with Crippen LogP contribution in [0.2, 0.25) is 5.02 Å². The van der Waals surface area contributed by atoms with Crippen LogP contribution in [0.3, 0.4) is 0 Å². The lowest BCUT2D eigenvalue weighted by molar-refractivity contribution is 0.00499. The minimum atomic E-state index is -0.186. The van der Waals surface area contributed by atoms with Gasteiger partial charge in [0.2, 0.25) is 5.95 Å². The molecule has 1 aliphatic heterocycles. The molecule has 0 radical (unpaired) electrons. The molecule has 14 heteroatoms. The van der Waals surface area contributed by atoms with E-state index in [0.29, 0.717) is 54.4 Å². The fraction of sp³-hybridized carbons (Fsp3) is 0.559. The van der Waals surface area contributed by atoms with Crippen LogP contribution in [-0.4, -0.2) is 103 Å². The molecule has 0 spiro atoms. The van der Waals surface area contributed by atoms with Gasteiger partial charge in [-0.1, -0.05) is 31.5 Å². The second-order valence-electron chi connectivity index (χ2n) is 13.1. The van der Waals surface area contributed by atoms with Crippen LogP contribution >= 0.6 is 11.6 Å². The predicted molar refractivity (Wildman–Crippen MR) is 188 cm³/mol. The third-order valence-corrected chi connectivity index (χ3v) is 8.88. The Morgan fingerprint density at radius 3 is 2.54 bits per heavy atom. The van der Waals surface area contributed by atoms with Crippen LogP contribution in [0.4, 0.5) is 11.6 Å². The second-order valence-corrected chi connectivity index (χ2v) is 13.5. The molecule has 1 aromatic carbocycles. The van der Waals surface area contributed by atoms with Gasteiger partial charge in [0, 0.05) is 49.6 Å². The number of methoxy groups -OCH3 is 1. The Balaban J connectivity index is 1.27. The number of halogens is 1. The summed E-state index contributed by atoms with van der Waals surface area (Å²) in [5, 5.41) is 18.7. The first kappa shape index (κ1) is 35.5. The van der Waals surface area contributed by atoms with Crippen molar-refractivity contribution >= 4 is 35.9 Å². The Morgan fingerprint density at radius 1 is 1.10 bits per heavy atom. The van der Waals surface area contributed by atoms with E-state index in [9.17, 15) is 0 Å². The van der Waals surface area contributed by atoms with Gasteiger partial charge in [0.25, 0.3) is 5.88 Å². The van der Waals surface area contributed by atoms with Gasteiger partial charge in [-0.25, -0.2) is 15.0 Å². The van der Waals surface area contributed by atoms with Crippen molar-refractivity contribution in [2.24, 2.45) is 10.4 Å². The molecule has 1 aliphatic carbocycles. The molecule has 2 aliphatic rings. The molecule has 260 valence electrons. The fourth-order valence-corrected chi connectivity index (χ4v) is 6.25. The number of anilines is 2. The highest BCUT2D eigenvalue weighted by molar-refractivity contribution is 6.32. The zero-order valence-electron chi connectivity index (χ0n) is 28.3. The van der Waals surface area contributed by atoms with Gasteiger partial charge in [0.1, 0.15) is 23.9 Å². The van der Waals surface area contributed by atoms with Gasteiger partial charge in [-0.2, -0.15) is 0 Å². The van der Waals surface area contributed by atoms with Crippen molar-refractivity contribution in [2.75, 3.05) is 58.5 Å². The first-order valence-electron chi connectivity index (χ1n) is 16.6. The van der Waals surface area contributed by atoms with Crippen molar-refractivity contribution in [3.8, 4) is 22.8 Å². The number of hydrogen-bond acceptors (Lipinski definition) is 10. The number of nitrogens with zero attached hydrogens (tertiary/aromatic N) is 6. The highest BCUT2D eigenvalue weighted by Gasteiger charge is 2.29. The van der Waals surface area contributed by atoms with Gasteiger partial charge in [-0.05, 0) is 50.3 Å². The van der Waals surface area contributed by atoms with Crippen molar-refractivity contribution in [1.82, 2.24) is 30.0 Å².